The lowest BCUT2D eigenvalue weighted by atomic mass is 9.89. The van der Waals surface area contributed by atoms with Crippen molar-refractivity contribution in [2.75, 3.05) is 13.7 Å². The molecule has 1 aliphatic heterocycles. The predicted molar refractivity (Wildman–Crippen MR) is 86.6 cm³/mol. The Bertz CT molecular complexity index is 740. The number of rotatable bonds is 4. The monoisotopic (exact) mass is 331 g/mol. The number of benzene rings is 1. The molecule has 1 amide bonds. The highest BCUT2D eigenvalue weighted by Gasteiger charge is 2.33. The second-order valence-corrected chi connectivity index (χ2v) is 6.40. The summed E-state index contributed by atoms with van der Waals surface area (Å²) in [6.45, 7) is 0.996. The Kier molecular flexibility index (Phi) is 4.45. The second kappa shape index (κ2) is 6.52. The number of fused-ring (bicyclic) bond motifs is 1. The maximum Gasteiger partial charge on any atom is 0.312 e. The van der Waals surface area contributed by atoms with Crippen molar-refractivity contribution in [1.82, 2.24) is 4.90 Å². The van der Waals surface area contributed by atoms with E-state index in [9.17, 15) is 14.7 Å². The molecule has 2 aromatic rings. The van der Waals surface area contributed by atoms with E-state index in [0.29, 0.717) is 18.0 Å². The lowest BCUT2D eigenvalue weighted by Gasteiger charge is -2.32. The zero-order chi connectivity index (χ0) is 16.4. The van der Waals surface area contributed by atoms with Crippen LogP contribution in [0.25, 0.3) is 0 Å². The highest BCUT2D eigenvalue weighted by atomic mass is 32.1. The summed E-state index contributed by atoms with van der Waals surface area (Å²) in [5.74, 6) is -1.72. The number of carboxylic acids is 1. The van der Waals surface area contributed by atoms with Crippen molar-refractivity contribution in [2.24, 2.45) is 0 Å². The molecule has 1 aromatic heterocycles. The third-order valence-corrected chi connectivity index (χ3v) is 4.97. The van der Waals surface area contributed by atoms with Crippen molar-refractivity contribution in [2.45, 2.75) is 19.1 Å². The molecule has 1 aromatic carbocycles. The van der Waals surface area contributed by atoms with Crippen LogP contribution in [-0.4, -0.2) is 35.5 Å². The molecular weight excluding hydrogens is 314 g/mol. The molecule has 1 atom stereocenters. The van der Waals surface area contributed by atoms with Crippen LogP contribution in [0, 0.1) is 0 Å². The van der Waals surface area contributed by atoms with E-state index >= 15 is 0 Å². The van der Waals surface area contributed by atoms with E-state index in [1.165, 1.54) is 11.3 Å². The Morgan fingerprint density at radius 2 is 2.13 bits per heavy atom. The molecule has 1 unspecified atom stereocenters. The molecule has 120 valence electrons. The van der Waals surface area contributed by atoms with Crippen LogP contribution in [0.3, 0.4) is 0 Å². The van der Waals surface area contributed by atoms with Gasteiger partial charge in [-0.3, -0.25) is 9.59 Å². The van der Waals surface area contributed by atoms with Gasteiger partial charge in [0.2, 0.25) is 0 Å². The van der Waals surface area contributed by atoms with Gasteiger partial charge in [0, 0.05) is 25.8 Å². The predicted octanol–water partition coefficient (Wildman–Crippen LogP) is 2.72. The van der Waals surface area contributed by atoms with Crippen molar-refractivity contribution in [3.63, 3.8) is 0 Å². The molecule has 0 radical (unpaired) electrons. The van der Waals surface area contributed by atoms with Crippen LogP contribution < -0.4 is 0 Å². The largest absolute Gasteiger partial charge is 0.481 e. The molecule has 2 heterocycles. The number of hydrogen-bond donors (Lipinski definition) is 1. The summed E-state index contributed by atoms with van der Waals surface area (Å²) in [6, 6.07) is 9.29. The number of amides is 1. The number of thiophene rings is 1. The minimum atomic E-state index is -0.904. The number of carbonyl (C=O) groups excluding carboxylic acids is 1. The maximum atomic E-state index is 12.8. The molecule has 1 aliphatic rings. The molecular formula is C17H17NO4S. The van der Waals surface area contributed by atoms with Crippen LogP contribution >= 0.6 is 11.3 Å². The van der Waals surface area contributed by atoms with E-state index in [-0.39, 0.29) is 12.5 Å². The summed E-state index contributed by atoms with van der Waals surface area (Å²) in [4.78, 5) is 26.6. The molecule has 0 aliphatic carbocycles. The topological polar surface area (TPSA) is 66.8 Å². The van der Waals surface area contributed by atoms with Crippen molar-refractivity contribution >= 4 is 23.2 Å². The van der Waals surface area contributed by atoms with E-state index in [1.54, 1.807) is 12.0 Å². The van der Waals surface area contributed by atoms with Gasteiger partial charge in [-0.2, -0.15) is 0 Å². The number of hydrogen-bond acceptors (Lipinski definition) is 4. The van der Waals surface area contributed by atoms with Crippen LogP contribution in [0.2, 0.25) is 0 Å². The summed E-state index contributed by atoms with van der Waals surface area (Å²) in [6.07, 6.45) is 0. The molecule has 23 heavy (non-hydrogen) atoms. The zero-order valence-electron chi connectivity index (χ0n) is 12.7. The smallest absolute Gasteiger partial charge is 0.312 e. The number of carboxylic acid groups (broad SMARTS) is 1. The van der Waals surface area contributed by atoms with E-state index in [1.807, 2.05) is 35.7 Å². The van der Waals surface area contributed by atoms with Gasteiger partial charge < -0.3 is 14.7 Å². The van der Waals surface area contributed by atoms with Gasteiger partial charge in [0.25, 0.3) is 5.91 Å². The lowest BCUT2D eigenvalue weighted by molar-refractivity contribution is -0.139. The number of nitrogens with zero attached hydrogens (tertiary/aromatic N) is 1. The van der Waals surface area contributed by atoms with Gasteiger partial charge >= 0.3 is 5.97 Å². The number of methoxy groups -OCH3 is 1. The Labute approximate surface area is 138 Å². The highest BCUT2D eigenvalue weighted by molar-refractivity contribution is 7.12. The third kappa shape index (κ3) is 3.00. The Hall–Kier alpha value is -2.18. The quantitative estimate of drug-likeness (QED) is 0.935. The molecule has 0 saturated heterocycles. The van der Waals surface area contributed by atoms with Gasteiger partial charge in [-0.1, -0.05) is 24.3 Å². The Balaban J connectivity index is 1.91. The minimum absolute atomic E-state index is 0.132. The zero-order valence-corrected chi connectivity index (χ0v) is 13.5. The van der Waals surface area contributed by atoms with E-state index in [0.717, 1.165) is 16.7 Å². The Morgan fingerprint density at radius 1 is 1.35 bits per heavy atom. The third-order valence-electron chi connectivity index (χ3n) is 4.02. The van der Waals surface area contributed by atoms with Crippen molar-refractivity contribution < 1.29 is 19.4 Å². The average Bonchev–Trinajstić information content (AvgIpc) is 3.01. The minimum Gasteiger partial charge on any atom is -0.481 e. The number of aliphatic carboxylic acids is 1. The first-order valence-corrected chi connectivity index (χ1v) is 8.15. The molecule has 0 saturated carbocycles. The molecule has 1 N–H and O–H groups in total. The van der Waals surface area contributed by atoms with Gasteiger partial charge in [-0.25, -0.2) is 0 Å². The van der Waals surface area contributed by atoms with Gasteiger partial charge in [0.1, 0.15) is 0 Å². The standard InChI is InChI=1S/C17H17NO4S/c1-22-10-12-6-7-23-15(12)16(19)18-8-11-4-2-3-5-13(11)14(9-18)17(20)21/h2-7,14H,8-10H2,1H3,(H,20,21). The van der Waals surface area contributed by atoms with Crippen molar-refractivity contribution in [1.29, 1.82) is 0 Å². The van der Waals surface area contributed by atoms with Gasteiger partial charge in [0.15, 0.2) is 0 Å². The van der Waals surface area contributed by atoms with E-state index in [4.69, 9.17) is 4.74 Å². The van der Waals surface area contributed by atoms with Gasteiger partial charge in [-0.15, -0.1) is 11.3 Å². The fourth-order valence-corrected chi connectivity index (χ4v) is 3.79. The second-order valence-electron chi connectivity index (χ2n) is 5.48. The first-order chi connectivity index (χ1) is 11.1. The first kappa shape index (κ1) is 15.7. The lowest BCUT2D eigenvalue weighted by Crippen LogP contribution is -2.40. The van der Waals surface area contributed by atoms with E-state index < -0.39 is 11.9 Å². The molecule has 3 rings (SSSR count). The average molecular weight is 331 g/mol. The van der Waals surface area contributed by atoms with Crippen LogP contribution in [0.1, 0.15) is 32.3 Å². The summed E-state index contributed by atoms with van der Waals surface area (Å²) < 4.78 is 5.12. The van der Waals surface area contributed by atoms with Crippen molar-refractivity contribution in [3.05, 3.63) is 57.3 Å². The van der Waals surface area contributed by atoms with E-state index in [2.05, 4.69) is 0 Å². The Morgan fingerprint density at radius 3 is 2.87 bits per heavy atom. The number of ether oxygens (including phenoxy) is 1. The summed E-state index contributed by atoms with van der Waals surface area (Å²) in [5.41, 5.74) is 2.53. The van der Waals surface area contributed by atoms with Crippen LogP contribution in [0.5, 0.6) is 0 Å². The van der Waals surface area contributed by atoms with Gasteiger partial charge in [-0.05, 0) is 22.6 Å². The van der Waals surface area contributed by atoms with Crippen LogP contribution in [0.15, 0.2) is 35.7 Å². The SMILES string of the molecule is COCc1ccsc1C(=O)N1Cc2ccccc2C(C(=O)O)C1. The summed E-state index contributed by atoms with van der Waals surface area (Å²) in [7, 11) is 1.59. The molecule has 0 spiro atoms. The highest BCUT2D eigenvalue weighted by Crippen LogP contribution is 2.30. The first-order valence-electron chi connectivity index (χ1n) is 7.27. The fourth-order valence-electron chi connectivity index (χ4n) is 2.91. The molecule has 5 nitrogen and oxygen atoms in total. The molecule has 0 bridgehead atoms. The molecule has 0 fully saturated rings. The van der Waals surface area contributed by atoms with Crippen LogP contribution in [0.4, 0.5) is 0 Å². The maximum absolute atomic E-state index is 12.8. The van der Waals surface area contributed by atoms with Crippen LogP contribution in [-0.2, 0) is 22.7 Å². The van der Waals surface area contributed by atoms with Crippen molar-refractivity contribution in [3.8, 4) is 0 Å². The summed E-state index contributed by atoms with van der Waals surface area (Å²) >= 11 is 1.36. The fraction of sp³-hybridized carbons (Fsp3) is 0.294. The van der Waals surface area contributed by atoms with Gasteiger partial charge in [0.05, 0.1) is 17.4 Å². The summed E-state index contributed by atoms with van der Waals surface area (Å²) in [5, 5.41) is 11.4. The number of carbonyl (C=O) groups is 2. The normalized spacial score (nSPS) is 16.9. The molecule has 6 heteroatoms.